The molecule has 0 aliphatic rings. The molecule has 6 nitrogen and oxygen atoms in total. The predicted molar refractivity (Wildman–Crippen MR) is 64.4 cm³/mol. The molecule has 0 atom stereocenters. The zero-order valence-electron chi connectivity index (χ0n) is 10.6. The van der Waals surface area contributed by atoms with Crippen LogP contribution in [0.25, 0.3) is 0 Å². The number of alkyl halides is 3. The summed E-state index contributed by atoms with van der Waals surface area (Å²) in [7, 11) is 0. The van der Waals surface area contributed by atoms with E-state index in [1.54, 1.807) is 0 Å². The number of carbonyl (C=O) groups excluding carboxylic acids is 1. The Kier molecular flexibility index (Phi) is 4.89. The quantitative estimate of drug-likeness (QED) is 0.377. The van der Waals surface area contributed by atoms with Gasteiger partial charge in [-0.25, -0.2) is 0 Å². The van der Waals surface area contributed by atoms with Crippen LogP contribution in [0.15, 0.2) is 23.5 Å². The molecule has 1 heterocycles. The summed E-state index contributed by atoms with van der Waals surface area (Å²) in [5, 5.41) is 11.2. The van der Waals surface area contributed by atoms with Crippen LogP contribution in [-0.2, 0) is 0 Å². The van der Waals surface area contributed by atoms with Crippen molar-refractivity contribution in [1.29, 1.82) is 0 Å². The number of pyridine rings is 1. The summed E-state index contributed by atoms with van der Waals surface area (Å²) in [6.07, 6.45) is -3.33. The SMILES string of the molecule is CCN(CC(F)(F)F)C(=O)c1ccc(C(N)=NO)cn1. The number of halogens is 3. The van der Waals surface area contributed by atoms with Gasteiger partial charge in [0.15, 0.2) is 5.84 Å². The first kappa shape index (κ1) is 15.7. The summed E-state index contributed by atoms with van der Waals surface area (Å²) in [6, 6.07) is 2.55. The Labute approximate surface area is 112 Å². The van der Waals surface area contributed by atoms with Gasteiger partial charge in [-0.3, -0.25) is 9.78 Å². The van der Waals surface area contributed by atoms with E-state index in [-0.39, 0.29) is 23.6 Å². The maximum Gasteiger partial charge on any atom is 0.406 e. The number of carbonyl (C=O) groups is 1. The van der Waals surface area contributed by atoms with Crippen molar-refractivity contribution in [2.75, 3.05) is 13.1 Å². The number of aromatic nitrogens is 1. The van der Waals surface area contributed by atoms with Gasteiger partial charge in [-0.1, -0.05) is 5.16 Å². The average Bonchev–Trinajstić information content (AvgIpc) is 2.42. The molecule has 0 spiro atoms. The monoisotopic (exact) mass is 290 g/mol. The van der Waals surface area contributed by atoms with Crippen molar-refractivity contribution in [2.45, 2.75) is 13.1 Å². The molecule has 3 N–H and O–H groups in total. The van der Waals surface area contributed by atoms with E-state index in [4.69, 9.17) is 10.9 Å². The van der Waals surface area contributed by atoms with Crippen molar-refractivity contribution in [3.05, 3.63) is 29.6 Å². The molecule has 1 aromatic heterocycles. The van der Waals surface area contributed by atoms with Crippen LogP contribution < -0.4 is 5.73 Å². The number of amides is 1. The smallest absolute Gasteiger partial charge is 0.406 e. The Balaban J connectivity index is 2.91. The van der Waals surface area contributed by atoms with Gasteiger partial charge in [0.2, 0.25) is 0 Å². The highest BCUT2D eigenvalue weighted by molar-refractivity contribution is 5.98. The minimum atomic E-state index is -4.47. The molecule has 0 bridgehead atoms. The molecular formula is C11H13F3N4O2. The molecule has 0 fully saturated rings. The molecular weight excluding hydrogens is 277 g/mol. The molecule has 110 valence electrons. The van der Waals surface area contributed by atoms with E-state index in [1.807, 2.05) is 0 Å². The fourth-order valence-electron chi connectivity index (χ4n) is 1.44. The lowest BCUT2D eigenvalue weighted by Gasteiger charge is -2.21. The first-order chi connectivity index (χ1) is 9.28. The molecule has 9 heteroatoms. The predicted octanol–water partition coefficient (Wildman–Crippen LogP) is 1.20. The third-order valence-corrected chi connectivity index (χ3v) is 2.43. The molecule has 0 aliphatic heterocycles. The zero-order valence-corrected chi connectivity index (χ0v) is 10.6. The summed E-state index contributed by atoms with van der Waals surface area (Å²) in [5.41, 5.74) is 5.41. The second-order valence-corrected chi connectivity index (χ2v) is 3.85. The highest BCUT2D eigenvalue weighted by atomic mass is 19.4. The van der Waals surface area contributed by atoms with Crippen LogP contribution in [-0.4, -0.2) is 46.1 Å². The minimum Gasteiger partial charge on any atom is -0.409 e. The van der Waals surface area contributed by atoms with Crippen molar-refractivity contribution in [3.8, 4) is 0 Å². The van der Waals surface area contributed by atoms with Gasteiger partial charge in [0.05, 0.1) is 0 Å². The summed E-state index contributed by atoms with van der Waals surface area (Å²) >= 11 is 0. The average molecular weight is 290 g/mol. The molecule has 1 amide bonds. The number of hydrogen-bond acceptors (Lipinski definition) is 4. The van der Waals surface area contributed by atoms with Gasteiger partial charge in [0, 0.05) is 18.3 Å². The molecule has 1 aromatic rings. The maximum atomic E-state index is 12.3. The Morgan fingerprint density at radius 2 is 2.15 bits per heavy atom. The normalized spacial score (nSPS) is 12.3. The number of nitrogens with zero attached hydrogens (tertiary/aromatic N) is 3. The largest absolute Gasteiger partial charge is 0.409 e. The summed E-state index contributed by atoms with van der Waals surface area (Å²) in [6.45, 7) is 0.00241. The fourth-order valence-corrected chi connectivity index (χ4v) is 1.44. The second-order valence-electron chi connectivity index (χ2n) is 3.85. The van der Waals surface area contributed by atoms with E-state index in [1.165, 1.54) is 19.1 Å². The Morgan fingerprint density at radius 1 is 1.50 bits per heavy atom. The molecule has 1 rings (SSSR count). The van der Waals surface area contributed by atoms with E-state index in [9.17, 15) is 18.0 Å². The van der Waals surface area contributed by atoms with Crippen molar-refractivity contribution < 1.29 is 23.2 Å². The first-order valence-electron chi connectivity index (χ1n) is 5.58. The molecule has 0 aromatic carbocycles. The molecule has 0 aliphatic carbocycles. The Morgan fingerprint density at radius 3 is 2.55 bits per heavy atom. The van der Waals surface area contributed by atoms with E-state index < -0.39 is 18.6 Å². The number of nitrogens with two attached hydrogens (primary N) is 1. The highest BCUT2D eigenvalue weighted by Gasteiger charge is 2.32. The van der Waals surface area contributed by atoms with Crippen molar-refractivity contribution in [3.63, 3.8) is 0 Å². The van der Waals surface area contributed by atoms with Gasteiger partial charge in [-0.2, -0.15) is 13.2 Å². The van der Waals surface area contributed by atoms with Crippen LogP contribution in [0.1, 0.15) is 23.0 Å². The van der Waals surface area contributed by atoms with E-state index >= 15 is 0 Å². The van der Waals surface area contributed by atoms with Crippen LogP contribution in [0, 0.1) is 0 Å². The van der Waals surface area contributed by atoms with Gasteiger partial charge in [0.1, 0.15) is 12.2 Å². The number of amidine groups is 1. The topological polar surface area (TPSA) is 91.8 Å². The summed E-state index contributed by atoms with van der Waals surface area (Å²) in [5.74, 6) is -1.05. The van der Waals surface area contributed by atoms with Crippen molar-refractivity contribution >= 4 is 11.7 Å². The second kappa shape index (κ2) is 6.22. The van der Waals surface area contributed by atoms with Gasteiger partial charge in [-0.05, 0) is 19.1 Å². The van der Waals surface area contributed by atoms with Crippen LogP contribution in [0.5, 0.6) is 0 Å². The Bertz CT molecular complexity index is 499. The van der Waals surface area contributed by atoms with Gasteiger partial charge >= 0.3 is 6.18 Å². The minimum absolute atomic E-state index is 0.0952. The molecule has 0 saturated carbocycles. The van der Waals surface area contributed by atoms with Gasteiger partial charge < -0.3 is 15.8 Å². The summed E-state index contributed by atoms with van der Waals surface area (Å²) in [4.78, 5) is 16.2. The van der Waals surface area contributed by atoms with Crippen LogP contribution in [0.2, 0.25) is 0 Å². The van der Waals surface area contributed by atoms with Crippen molar-refractivity contribution in [1.82, 2.24) is 9.88 Å². The maximum absolute atomic E-state index is 12.3. The number of hydrogen-bond donors (Lipinski definition) is 2. The standard InChI is InChI=1S/C11H13F3N4O2/c1-2-18(6-11(12,13)14)10(19)8-4-3-7(5-16-8)9(15)17-20/h3-5,20H,2,6H2,1H3,(H2,15,17). The molecule has 0 unspecified atom stereocenters. The zero-order chi connectivity index (χ0) is 15.3. The van der Waals surface area contributed by atoms with Crippen molar-refractivity contribution in [2.24, 2.45) is 10.9 Å². The van der Waals surface area contributed by atoms with Gasteiger partial charge in [-0.15, -0.1) is 0 Å². The first-order valence-corrected chi connectivity index (χ1v) is 5.58. The third kappa shape index (κ3) is 4.11. The van der Waals surface area contributed by atoms with Gasteiger partial charge in [0.25, 0.3) is 5.91 Å². The third-order valence-electron chi connectivity index (χ3n) is 2.43. The van der Waals surface area contributed by atoms with Crippen LogP contribution in [0.3, 0.4) is 0 Å². The van der Waals surface area contributed by atoms with E-state index in [0.29, 0.717) is 4.90 Å². The van der Waals surface area contributed by atoms with E-state index in [0.717, 1.165) is 6.20 Å². The summed E-state index contributed by atoms with van der Waals surface area (Å²) < 4.78 is 36.9. The molecule has 20 heavy (non-hydrogen) atoms. The molecule has 0 radical (unpaired) electrons. The lowest BCUT2D eigenvalue weighted by atomic mass is 10.2. The number of rotatable bonds is 4. The lowest BCUT2D eigenvalue weighted by Crippen LogP contribution is -2.39. The van der Waals surface area contributed by atoms with E-state index in [2.05, 4.69) is 10.1 Å². The fraction of sp³-hybridized carbons (Fsp3) is 0.364. The molecule has 0 saturated heterocycles. The Hall–Kier alpha value is -2.32. The van der Waals surface area contributed by atoms with Crippen LogP contribution in [0.4, 0.5) is 13.2 Å². The van der Waals surface area contributed by atoms with Crippen LogP contribution >= 0.6 is 0 Å². The highest BCUT2D eigenvalue weighted by Crippen LogP contribution is 2.17. The lowest BCUT2D eigenvalue weighted by molar-refractivity contribution is -0.140. The number of oxime groups is 1.